The van der Waals surface area contributed by atoms with Crippen LogP contribution in [-0.2, 0) is 24.7 Å². The molecule has 1 atom stereocenters. The Bertz CT molecular complexity index is 669. The zero-order valence-corrected chi connectivity index (χ0v) is 12.6. The predicted octanol–water partition coefficient (Wildman–Crippen LogP) is 2.26. The second-order valence-corrected chi connectivity index (χ2v) is 6.23. The number of aryl methyl sites for hydroxylation is 1. The third-order valence-electron chi connectivity index (χ3n) is 3.91. The number of rotatable bonds is 4. The maximum atomic E-state index is 10.7. The van der Waals surface area contributed by atoms with Gasteiger partial charge in [0.2, 0.25) is 0 Å². The van der Waals surface area contributed by atoms with Crippen molar-refractivity contribution >= 4 is 17.7 Å². The summed E-state index contributed by atoms with van der Waals surface area (Å²) >= 11 is 1.22. The molecule has 1 aliphatic carbocycles. The van der Waals surface area contributed by atoms with Gasteiger partial charge in [-0.1, -0.05) is 36.0 Å². The molecule has 0 amide bonds. The maximum Gasteiger partial charge on any atom is 0.313 e. The normalized spacial score (nSPS) is 17.5. The van der Waals surface area contributed by atoms with Crippen molar-refractivity contribution in [3.05, 3.63) is 41.2 Å². The molecule has 110 valence electrons. The molecule has 0 bridgehead atoms. The van der Waals surface area contributed by atoms with E-state index >= 15 is 0 Å². The van der Waals surface area contributed by atoms with Gasteiger partial charge in [-0.15, -0.1) is 10.2 Å². The molecular weight excluding hydrogens is 286 g/mol. The van der Waals surface area contributed by atoms with E-state index in [0.717, 1.165) is 25.1 Å². The van der Waals surface area contributed by atoms with E-state index in [1.54, 1.807) is 0 Å². The minimum Gasteiger partial charge on any atom is -0.481 e. The molecule has 1 heterocycles. The highest BCUT2D eigenvalue weighted by atomic mass is 32.2. The molecule has 5 nitrogen and oxygen atoms in total. The van der Waals surface area contributed by atoms with Gasteiger partial charge >= 0.3 is 5.97 Å². The molecule has 0 saturated heterocycles. The number of carbonyl (C=O) groups is 1. The quantitative estimate of drug-likeness (QED) is 0.878. The van der Waals surface area contributed by atoms with Crippen LogP contribution in [0.4, 0.5) is 0 Å². The molecule has 1 N–H and O–H groups in total. The van der Waals surface area contributed by atoms with Crippen molar-refractivity contribution in [2.24, 2.45) is 7.05 Å². The SMILES string of the molecule is Cn1c(SCC(=O)O)nnc1C1CCc2ccccc2C1. The maximum absolute atomic E-state index is 10.7. The van der Waals surface area contributed by atoms with E-state index in [1.807, 2.05) is 11.6 Å². The Morgan fingerprint density at radius 1 is 1.38 bits per heavy atom. The van der Waals surface area contributed by atoms with Gasteiger partial charge in [-0.05, 0) is 30.4 Å². The largest absolute Gasteiger partial charge is 0.481 e. The molecule has 1 aromatic carbocycles. The average Bonchev–Trinajstić information content (AvgIpc) is 2.85. The van der Waals surface area contributed by atoms with Gasteiger partial charge in [0.15, 0.2) is 5.16 Å². The van der Waals surface area contributed by atoms with Crippen LogP contribution in [-0.4, -0.2) is 31.6 Å². The lowest BCUT2D eigenvalue weighted by molar-refractivity contribution is -0.133. The van der Waals surface area contributed by atoms with Gasteiger partial charge in [0.1, 0.15) is 5.82 Å². The molecule has 0 fully saturated rings. The molecule has 0 radical (unpaired) electrons. The summed E-state index contributed by atoms with van der Waals surface area (Å²) in [5.41, 5.74) is 2.81. The molecule has 6 heteroatoms. The monoisotopic (exact) mass is 303 g/mol. The van der Waals surface area contributed by atoms with Crippen LogP contribution >= 0.6 is 11.8 Å². The second-order valence-electron chi connectivity index (χ2n) is 5.29. The van der Waals surface area contributed by atoms with E-state index in [4.69, 9.17) is 5.11 Å². The van der Waals surface area contributed by atoms with Crippen molar-refractivity contribution < 1.29 is 9.90 Å². The highest BCUT2D eigenvalue weighted by Crippen LogP contribution is 2.32. The van der Waals surface area contributed by atoms with E-state index in [0.29, 0.717) is 11.1 Å². The predicted molar refractivity (Wildman–Crippen MR) is 80.6 cm³/mol. The number of nitrogens with zero attached hydrogens (tertiary/aromatic N) is 3. The number of hydrogen-bond donors (Lipinski definition) is 1. The Hall–Kier alpha value is -1.82. The molecule has 0 spiro atoms. The number of hydrogen-bond acceptors (Lipinski definition) is 4. The van der Waals surface area contributed by atoms with Crippen molar-refractivity contribution in [1.29, 1.82) is 0 Å². The minimum absolute atomic E-state index is 0.0134. The van der Waals surface area contributed by atoms with E-state index < -0.39 is 5.97 Å². The first-order chi connectivity index (χ1) is 10.1. The molecule has 3 rings (SSSR count). The smallest absolute Gasteiger partial charge is 0.313 e. The number of thioether (sulfide) groups is 1. The first-order valence-electron chi connectivity index (χ1n) is 6.96. The first kappa shape index (κ1) is 14.1. The van der Waals surface area contributed by atoms with Crippen LogP contribution < -0.4 is 0 Å². The number of benzene rings is 1. The van der Waals surface area contributed by atoms with Crippen LogP contribution in [0.25, 0.3) is 0 Å². The lowest BCUT2D eigenvalue weighted by Gasteiger charge is -2.23. The Morgan fingerprint density at radius 2 is 2.14 bits per heavy atom. The molecule has 0 aliphatic heterocycles. The summed E-state index contributed by atoms with van der Waals surface area (Å²) in [4.78, 5) is 10.7. The summed E-state index contributed by atoms with van der Waals surface area (Å²) in [5.74, 6) is 0.490. The van der Waals surface area contributed by atoms with Crippen LogP contribution in [0.1, 0.15) is 29.3 Å². The Morgan fingerprint density at radius 3 is 2.90 bits per heavy atom. The Balaban J connectivity index is 1.78. The highest BCUT2D eigenvalue weighted by molar-refractivity contribution is 7.99. The molecule has 21 heavy (non-hydrogen) atoms. The zero-order chi connectivity index (χ0) is 14.8. The molecule has 0 saturated carbocycles. The fourth-order valence-electron chi connectivity index (χ4n) is 2.85. The van der Waals surface area contributed by atoms with Crippen molar-refractivity contribution in [2.45, 2.75) is 30.3 Å². The van der Waals surface area contributed by atoms with Gasteiger partial charge in [0.25, 0.3) is 0 Å². The van der Waals surface area contributed by atoms with Crippen LogP contribution in [0.5, 0.6) is 0 Å². The number of carboxylic acids is 1. The summed E-state index contributed by atoms with van der Waals surface area (Å²) in [6, 6.07) is 8.53. The lowest BCUT2D eigenvalue weighted by Crippen LogP contribution is -2.16. The van der Waals surface area contributed by atoms with E-state index in [9.17, 15) is 4.79 Å². The zero-order valence-electron chi connectivity index (χ0n) is 11.8. The highest BCUT2D eigenvalue weighted by Gasteiger charge is 2.24. The second kappa shape index (κ2) is 5.89. The van der Waals surface area contributed by atoms with Gasteiger partial charge in [0.05, 0.1) is 5.75 Å². The molecule has 1 unspecified atom stereocenters. The number of aliphatic carboxylic acids is 1. The van der Waals surface area contributed by atoms with Gasteiger partial charge in [-0.2, -0.15) is 0 Å². The van der Waals surface area contributed by atoms with Crippen LogP contribution in [0.2, 0.25) is 0 Å². The van der Waals surface area contributed by atoms with Gasteiger partial charge in [-0.25, -0.2) is 0 Å². The van der Waals surface area contributed by atoms with Crippen LogP contribution in [0, 0.1) is 0 Å². The van der Waals surface area contributed by atoms with E-state index in [1.165, 1.54) is 22.9 Å². The number of carboxylic acid groups (broad SMARTS) is 1. The average molecular weight is 303 g/mol. The van der Waals surface area contributed by atoms with Gasteiger partial charge in [-0.3, -0.25) is 4.79 Å². The molecule has 1 aliphatic rings. The van der Waals surface area contributed by atoms with Crippen LogP contribution in [0.15, 0.2) is 29.4 Å². The summed E-state index contributed by atoms with van der Waals surface area (Å²) < 4.78 is 1.94. The van der Waals surface area contributed by atoms with Crippen molar-refractivity contribution in [3.8, 4) is 0 Å². The van der Waals surface area contributed by atoms with Gasteiger partial charge in [0, 0.05) is 13.0 Å². The lowest BCUT2D eigenvalue weighted by atomic mass is 9.83. The standard InChI is InChI=1S/C15H17N3O2S/c1-18-14(16-17-15(18)21-9-13(19)20)12-7-6-10-4-2-3-5-11(10)8-12/h2-5,12H,6-9H2,1H3,(H,19,20). The Labute approximate surface area is 127 Å². The first-order valence-corrected chi connectivity index (χ1v) is 7.94. The molecule has 1 aromatic heterocycles. The molecular formula is C15H17N3O2S. The fourth-order valence-corrected chi connectivity index (χ4v) is 3.49. The van der Waals surface area contributed by atoms with Crippen LogP contribution in [0.3, 0.4) is 0 Å². The number of fused-ring (bicyclic) bond motifs is 1. The van der Waals surface area contributed by atoms with Crippen molar-refractivity contribution in [3.63, 3.8) is 0 Å². The summed E-state index contributed by atoms with van der Waals surface area (Å²) in [6.45, 7) is 0. The summed E-state index contributed by atoms with van der Waals surface area (Å²) in [6.07, 6.45) is 3.10. The topological polar surface area (TPSA) is 68.0 Å². The van der Waals surface area contributed by atoms with Gasteiger partial charge < -0.3 is 9.67 Å². The summed E-state index contributed by atoms with van der Waals surface area (Å²) in [5, 5.41) is 17.8. The van der Waals surface area contributed by atoms with E-state index in [-0.39, 0.29) is 5.75 Å². The summed E-state index contributed by atoms with van der Waals surface area (Å²) in [7, 11) is 1.92. The van der Waals surface area contributed by atoms with E-state index in [2.05, 4.69) is 34.5 Å². The Kier molecular flexibility index (Phi) is 3.96. The van der Waals surface area contributed by atoms with Crippen molar-refractivity contribution in [1.82, 2.24) is 14.8 Å². The number of aromatic nitrogens is 3. The fraction of sp³-hybridized carbons (Fsp3) is 0.400. The minimum atomic E-state index is -0.837. The third kappa shape index (κ3) is 2.95. The molecule has 2 aromatic rings. The third-order valence-corrected chi connectivity index (χ3v) is 4.91. The van der Waals surface area contributed by atoms with Crippen molar-refractivity contribution in [2.75, 3.05) is 5.75 Å².